The van der Waals surface area contributed by atoms with Crippen molar-refractivity contribution in [1.82, 2.24) is 4.98 Å². The van der Waals surface area contributed by atoms with Crippen LogP contribution in [0.5, 0.6) is 0 Å². The van der Waals surface area contributed by atoms with Gasteiger partial charge in [-0.1, -0.05) is 6.42 Å². The molecule has 0 atom stereocenters. The molecule has 1 aliphatic carbocycles. The van der Waals surface area contributed by atoms with E-state index in [1.54, 1.807) is 12.4 Å². The van der Waals surface area contributed by atoms with Crippen molar-refractivity contribution < 1.29 is 0 Å². The van der Waals surface area contributed by atoms with Crippen molar-refractivity contribution >= 4 is 5.69 Å². The van der Waals surface area contributed by atoms with E-state index in [1.165, 1.54) is 19.3 Å². The highest BCUT2D eigenvalue weighted by molar-refractivity contribution is 5.46. The van der Waals surface area contributed by atoms with Crippen molar-refractivity contribution in [2.45, 2.75) is 19.3 Å². The average molecular weight is 187 g/mol. The highest BCUT2D eigenvalue weighted by Gasteiger charge is 2.16. The van der Waals surface area contributed by atoms with Crippen molar-refractivity contribution in [2.75, 3.05) is 11.9 Å². The van der Waals surface area contributed by atoms with Crippen LogP contribution >= 0.6 is 0 Å². The molecule has 1 saturated carbocycles. The lowest BCUT2D eigenvalue weighted by Crippen LogP contribution is -2.20. The number of anilines is 1. The molecule has 0 spiro atoms. The number of nitrogens with one attached hydrogen (secondary N) is 1. The molecular weight excluding hydrogens is 174 g/mol. The molecule has 0 saturated heterocycles. The lowest BCUT2D eigenvalue weighted by Gasteiger charge is -2.25. The molecule has 3 nitrogen and oxygen atoms in total. The number of nitriles is 1. The molecular formula is C11H13N3. The standard InChI is InChI=1S/C11H13N3/c12-5-10-4-11(8-13-6-10)14-7-9-2-1-3-9/h4,6,8-9,14H,1-3,7H2. The van der Waals surface area contributed by atoms with E-state index in [0.717, 1.165) is 18.2 Å². The van der Waals surface area contributed by atoms with Crippen molar-refractivity contribution in [3.8, 4) is 6.07 Å². The fraction of sp³-hybridized carbons (Fsp3) is 0.455. The van der Waals surface area contributed by atoms with E-state index in [1.807, 2.05) is 6.07 Å². The SMILES string of the molecule is N#Cc1cncc(NCC2CCC2)c1. The van der Waals surface area contributed by atoms with E-state index >= 15 is 0 Å². The Kier molecular flexibility index (Phi) is 2.64. The molecule has 1 heterocycles. The van der Waals surface area contributed by atoms with Crippen LogP contribution in [0.1, 0.15) is 24.8 Å². The monoisotopic (exact) mass is 187 g/mol. The molecule has 1 fully saturated rings. The van der Waals surface area contributed by atoms with Crippen LogP contribution in [0.4, 0.5) is 5.69 Å². The number of rotatable bonds is 3. The summed E-state index contributed by atoms with van der Waals surface area (Å²) in [7, 11) is 0. The molecule has 0 aromatic carbocycles. The first kappa shape index (κ1) is 9.01. The van der Waals surface area contributed by atoms with Gasteiger partial charge in [0.1, 0.15) is 6.07 Å². The smallest absolute Gasteiger partial charge is 0.101 e. The van der Waals surface area contributed by atoms with E-state index in [0.29, 0.717) is 5.56 Å². The Hall–Kier alpha value is -1.56. The van der Waals surface area contributed by atoms with Crippen LogP contribution in [0, 0.1) is 17.2 Å². The van der Waals surface area contributed by atoms with E-state index in [4.69, 9.17) is 5.26 Å². The minimum Gasteiger partial charge on any atom is -0.383 e. The van der Waals surface area contributed by atoms with Crippen LogP contribution in [-0.2, 0) is 0 Å². The predicted octanol–water partition coefficient (Wildman–Crippen LogP) is 2.17. The summed E-state index contributed by atoms with van der Waals surface area (Å²) >= 11 is 0. The molecule has 1 aromatic rings. The number of hydrogen-bond donors (Lipinski definition) is 1. The van der Waals surface area contributed by atoms with Crippen LogP contribution < -0.4 is 5.32 Å². The molecule has 2 rings (SSSR count). The van der Waals surface area contributed by atoms with Crippen LogP contribution in [-0.4, -0.2) is 11.5 Å². The minimum atomic E-state index is 0.614. The fourth-order valence-corrected chi connectivity index (χ4v) is 1.56. The Bertz CT molecular complexity index is 350. The van der Waals surface area contributed by atoms with Crippen molar-refractivity contribution in [2.24, 2.45) is 5.92 Å². The van der Waals surface area contributed by atoms with Crippen LogP contribution in [0.15, 0.2) is 18.5 Å². The normalized spacial score (nSPS) is 15.6. The first-order valence-corrected chi connectivity index (χ1v) is 4.97. The predicted molar refractivity (Wildman–Crippen MR) is 54.8 cm³/mol. The quantitative estimate of drug-likeness (QED) is 0.788. The summed E-state index contributed by atoms with van der Waals surface area (Å²) in [5.74, 6) is 0.820. The largest absolute Gasteiger partial charge is 0.383 e. The molecule has 1 aromatic heterocycles. The summed E-state index contributed by atoms with van der Waals surface area (Å²) in [5, 5.41) is 12.0. The maximum Gasteiger partial charge on any atom is 0.101 e. The summed E-state index contributed by atoms with van der Waals surface area (Å²) in [6.07, 6.45) is 7.37. The highest BCUT2D eigenvalue weighted by atomic mass is 14.9. The first-order valence-electron chi connectivity index (χ1n) is 4.97. The molecule has 0 amide bonds. The van der Waals surface area contributed by atoms with Gasteiger partial charge in [-0.25, -0.2) is 0 Å². The van der Waals surface area contributed by atoms with Gasteiger partial charge in [0.25, 0.3) is 0 Å². The fourth-order valence-electron chi connectivity index (χ4n) is 1.56. The van der Waals surface area contributed by atoms with E-state index in [2.05, 4.69) is 16.4 Å². The Labute approximate surface area is 83.8 Å². The number of aromatic nitrogens is 1. The zero-order valence-electron chi connectivity index (χ0n) is 8.03. The second kappa shape index (κ2) is 4.10. The van der Waals surface area contributed by atoms with Gasteiger partial charge in [-0.05, 0) is 24.8 Å². The van der Waals surface area contributed by atoms with E-state index in [-0.39, 0.29) is 0 Å². The number of pyridine rings is 1. The van der Waals surface area contributed by atoms with Crippen LogP contribution in [0.2, 0.25) is 0 Å². The molecule has 3 heteroatoms. The van der Waals surface area contributed by atoms with Gasteiger partial charge in [-0.3, -0.25) is 4.98 Å². The second-order valence-electron chi connectivity index (χ2n) is 3.75. The van der Waals surface area contributed by atoms with Gasteiger partial charge in [-0.2, -0.15) is 5.26 Å². The Morgan fingerprint density at radius 2 is 2.36 bits per heavy atom. The van der Waals surface area contributed by atoms with Gasteiger partial charge in [0, 0.05) is 12.7 Å². The lowest BCUT2D eigenvalue weighted by atomic mass is 9.85. The minimum absolute atomic E-state index is 0.614. The molecule has 0 radical (unpaired) electrons. The van der Waals surface area contributed by atoms with Gasteiger partial charge < -0.3 is 5.32 Å². The molecule has 0 unspecified atom stereocenters. The zero-order chi connectivity index (χ0) is 9.80. The molecule has 1 N–H and O–H groups in total. The number of nitrogens with zero attached hydrogens (tertiary/aromatic N) is 2. The van der Waals surface area contributed by atoms with Gasteiger partial charge in [0.2, 0.25) is 0 Å². The molecule has 0 bridgehead atoms. The molecule has 1 aliphatic rings. The van der Waals surface area contributed by atoms with Crippen molar-refractivity contribution in [3.05, 3.63) is 24.0 Å². The maximum absolute atomic E-state index is 8.68. The molecule has 0 aliphatic heterocycles. The van der Waals surface area contributed by atoms with Crippen molar-refractivity contribution in [3.63, 3.8) is 0 Å². The molecule has 14 heavy (non-hydrogen) atoms. The second-order valence-corrected chi connectivity index (χ2v) is 3.75. The van der Waals surface area contributed by atoms with Gasteiger partial charge in [0.15, 0.2) is 0 Å². The zero-order valence-corrected chi connectivity index (χ0v) is 8.03. The third-order valence-electron chi connectivity index (χ3n) is 2.69. The third kappa shape index (κ3) is 2.02. The summed E-state index contributed by atoms with van der Waals surface area (Å²) in [6, 6.07) is 3.92. The van der Waals surface area contributed by atoms with E-state index < -0.39 is 0 Å². The third-order valence-corrected chi connectivity index (χ3v) is 2.69. The summed E-state index contributed by atoms with van der Waals surface area (Å²) in [4.78, 5) is 3.99. The van der Waals surface area contributed by atoms with E-state index in [9.17, 15) is 0 Å². The van der Waals surface area contributed by atoms with Crippen LogP contribution in [0.3, 0.4) is 0 Å². The summed E-state index contributed by atoms with van der Waals surface area (Å²) in [6.45, 7) is 1.01. The lowest BCUT2D eigenvalue weighted by molar-refractivity contribution is 0.333. The van der Waals surface area contributed by atoms with Crippen LogP contribution in [0.25, 0.3) is 0 Å². The topological polar surface area (TPSA) is 48.7 Å². The van der Waals surface area contributed by atoms with Crippen molar-refractivity contribution in [1.29, 1.82) is 5.26 Å². The van der Waals surface area contributed by atoms with Gasteiger partial charge in [0.05, 0.1) is 17.4 Å². The molecule has 72 valence electrons. The number of hydrogen-bond acceptors (Lipinski definition) is 3. The van der Waals surface area contributed by atoms with Gasteiger partial charge in [-0.15, -0.1) is 0 Å². The first-order chi connectivity index (χ1) is 6.88. The maximum atomic E-state index is 8.68. The Balaban J connectivity index is 1.91. The summed E-state index contributed by atoms with van der Waals surface area (Å²) < 4.78 is 0. The summed E-state index contributed by atoms with van der Waals surface area (Å²) in [5.41, 5.74) is 1.57. The Morgan fingerprint density at radius 1 is 1.50 bits per heavy atom. The Morgan fingerprint density at radius 3 is 3.00 bits per heavy atom. The average Bonchev–Trinajstić information content (AvgIpc) is 2.16. The van der Waals surface area contributed by atoms with Gasteiger partial charge >= 0.3 is 0 Å². The highest BCUT2D eigenvalue weighted by Crippen LogP contribution is 2.26.